The second kappa shape index (κ2) is 7.26. The van der Waals surface area contributed by atoms with E-state index >= 15 is 0 Å². The molecule has 22 heavy (non-hydrogen) atoms. The van der Waals surface area contributed by atoms with Crippen LogP contribution >= 0.6 is 15.9 Å². The molecule has 0 spiro atoms. The van der Waals surface area contributed by atoms with Crippen LogP contribution in [0, 0.1) is 5.82 Å². The highest BCUT2D eigenvalue weighted by molar-refractivity contribution is 9.10. The number of hydrogen-bond donors (Lipinski definition) is 0. The Morgan fingerprint density at radius 2 is 1.91 bits per heavy atom. The molecule has 0 aliphatic rings. The molecular weight excluding hydrogens is 355 g/mol. The Labute approximate surface area is 135 Å². The second-order valence-electron chi connectivity index (χ2n) is 4.38. The van der Waals surface area contributed by atoms with E-state index in [1.165, 1.54) is 26.4 Å². The van der Waals surface area contributed by atoms with E-state index in [1.54, 1.807) is 24.3 Å². The highest BCUT2D eigenvalue weighted by Gasteiger charge is 2.12. The largest absolute Gasteiger partial charge is 0.493 e. The molecule has 0 aliphatic heterocycles. The minimum Gasteiger partial charge on any atom is -0.493 e. The molecule has 0 saturated carbocycles. The predicted molar refractivity (Wildman–Crippen MR) is 82.8 cm³/mol. The molecule has 2 rings (SSSR count). The van der Waals surface area contributed by atoms with Gasteiger partial charge in [0.1, 0.15) is 12.4 Å². The number of ether oxygens (including phenoxy) is 3. The van der Waals surface area contributed by atoms with Crippen LogP contribution in [0.2, 0.25) is 0 Å². The molecule has 0 fully saturated rings. The van der Waals surface area contributed by atoms with E-state index in [9.17, 15) is 9.18 Å². The van der Waals surface area contributed by atoms with Gasteiger partial charge in [-0.15, -0.1) is 0 Å². The van der Waals surface area contributed by atoms with E-state index in [0.717, 1.165) is 0 Å². The molecule has 0 aliphatic carbocycles. The van der Waals surface area contributed by atoms with Crippen LogP contribution in [-0.2, 0) is 11.3 Å². The van der Waals surface area contributed by atoms with Gasteiger partial charge in [-0.05, 0) is 30.3 Å². The third-order valence-electron chi connectivity index (χ3n) is 2.98. The van der Waals surface area contributed by atoms with Crippen molar-refractivity contribution in [3.63, 3.8) is 0 Å². The Bertz CT molecular complexity index is 688. The highest BCUT2D eigenvalue weighted by atomic mass is 79.9. The summed E-state index contributed by atoms with van der Waals surface area (Å²) in [5, 5.41) is 0. The number of esters is 1. The van der Waals surface area contributed by atoms with Crippen molar-refractivity contribution in [1.82, 2.24) is 0 Å². The maximum atomic E-state index is 13.7. The van der Waals surface area contributed by atoms with E-state index in [1.807, 2.05) is 0 Å². The monoisotopic (exact) mass is 368 g/mol. The number of hydrogen-bond acceptors (Lipinski definition) is 4. The fourth-order valence-corrected chi connectivity index (χ4v) is 2.16. The van der Waals surface area contributed by atoms with Crippen LogP contribution in [0.15, 0.2) is 40.9 Å². The Balaban J connectivity index is 2.17. The molecule has 0 amide bonds. The number of halogens is 2. The molecule has 116 valence electrons. The van der Waals surface area contributed by atoms with Crippen LogP contribution in [0.25, 0.3) is 0 Å². The minimum absolute atomic E-state index is 0.0487. The zero-order valence-electron chi connectivity index (χ0n) is 12.1. The van der Waals surface area contributed by atoms with Crippen LogP contribution in [-0.4, -0.2) is 20.2 Å². The van der Waals surface area contributed by atoms with Gasteiger partial charge in [-0.1, -0.05) is 22.0 Å². The molecule has 0 heterocycles. The van der Waals surface area contributed by atoms with E-state index in [4.69, 9.17) is 9.47 Å². The fourth-order valence-electron chi connectivity index (χ4n) is 1.83. The predicted octanol–water partition coefficient (Wildman–Crippen LogP) is 3.96. The molecule has 0 N–H and O–H groups in total. The summed E-state index contributed by atoms with van der Waals surface area (Å²) in [7, 11) is 2.76. The SMILES string of the molecule is COC(=O)c1ccc(OCc2ccc(Br)cc2F)c(OC)c1. The summed E-state index contributed by atoms with van der Waals surface area (Å²) in [6.45, 7) is 0.0487. The smallest absolute Gasteiger partial charge is 0.337 e. The molecular formula is C16H14BrFO4. The number of carbonyl (C=O) groups is 1. The van der Waals surface area contributed by atoms with Gasteiger partial charge in [-0.3, -0.25) is 0 Å². The Hall–Kier alpha value is -2.08. The summed E-state index contributed by atoms with van der Waals surface area (Å²) >= 11 is 3.20. The molecule has 6 heteroatoms. The van der Waals surface area contributed by atoms with Crippen molar-refractivity contribution < 1.29 is 23.4 Å². The van der Waals surface area contributed by atoms with Gasteiger partial charge in [0.2, 0.25) is 0 Å². The summed E-state index contributed by atoms with van der Waals surface area (Å²) in [5.41, 5.74) is 0.767. The maximum Gasteiger partial charge on any atom is 0.337 e. The van der Waals surface area contributed by atoms with Gasteiger partial charge in [0.15, 0.2) is 11.5 Å². The Morgan fingerprint density at radius 3 is 2.55 bits per heavy atom. The molecule has 0 radical (unpaired) electrons. The molecule has 2 aromatic carbocycles. The average molecular weight is 369 g/mol. The second-order valence-corrected chi connectivity index (χ2v) is 5.30. The first-order valence-electron chi connectivity index (χ1n) is 6.38. The van der Waals surface area contributed by atoms with Crippen LogP contribution in [0.4, 0.5) is 4.39 Å². The lowest BCUT2D eigenvalue weighted by atomic mass is 10.2. The lowest BCUT2D eigenvalue weighted by Gasteiger charge is -2.12. The van der Waals surface area contributed by atoms with Crippen molar-refractivity contribution in [3.05, 3.63) is 57.8 Å². The Morgan fingerprint density at radius 1 is 1.14 bits per heavy atom. The normalized spacial score (nSPS) is 10.2. The van der Waals surface area contributed by atoms with Crippen molar-refractivity contribution in [2.24, 2.45) is 0 Å². The summed E-state index contributed by atoms with van der Waals surface area (Å²) < 4.78 is 29.8. The average Bonchev–Trinajstić information content (AvgIpc) is 2.53. The molecule has 2 aromatic rings. The van der Waals surface area contributed by atoms with Crippen molar-refractivity contribution in [1.29, 1.82) is 0 Å². The van der Waals surface area contributed by atoms with E-state index in [0.29, 0.717) is 27.1 Å². The van der Waals surface area contributed by atoms with Crippen LogP contribution < -0.4 is 9.47 Å². The standard InChI is InChI=1S/C16H14BrFO4/c1-20-15-7-10(16(19)21-2)4-6-14(15)22-9-11-3-5-12(17)8-13(11)18/h3-8H,9H2,1-2H3. The third kappa shape index (κ3) is 3.76. The van der Waals surface area contributed by atoms with Crippen molar-refractivity contribution >= 4 is 21.9 Å². The van der Waals surface area contributed by atoms with Crippen molar-refractivity contribution in [3.8, 4) is 11.5 Å². The zero-order chi connectivity index (χ0) is 16.1. The quantitative estimate of drug-likeness (QED) is 0.749. The lowest BCUT2D eigenvalue weighted by molar-refractivity contribution is 0.0600. The number of carbonyl (C=O) groups excluding carboxylic acids is 1. The van der Waals surface area contributed by atoms with Gasteiger partial charge >= 0.3 is 5.97 Å². The van der Waals surface area contributed by atoms with Crippen molar-refractivity contribution in [2.75, 3.05) is 14.2 Å². The molecule has 0 aromatic heterocycles. The first-order valence-corrected chi connectivity index (χ1v) is 7.17. The van der Waals surface area contributed by atoms with Gasteiger partial charge in [0, 0.05) is 10.0 Å². The first-order chi connectivity index (χ1) is 10.5. The van der Waals surface area contributed by atoms with Crippen LogP contribution in [0.1, 0.15) is 15.9 Å². The van der Waals surface area contributed by atoms with Crippen LogP contribution in [0.5, 0.6) is 11.5 Å². The molecule has 0 saturated heterocycles. The van der Waals surface area contributed by atoms with Gasteiger partial charge < -0.3 is 14.2 Å². The summed E-state index contributed by atoms with van der Waals surface area (Å²) in [4.78, 5) is 11.5. The van der Waals surface area contributed by atoms with Crippen molar-refractivity contribution in [2.45, 2.75) is 6.61 Å². The molecule has 4 nitrogen and oxygen atoms in total. The lowest BCUT2D eigenvalue weighted by Crippen LogP contribution is -2.04. The molecule has 0 bridgehead atoms. The first kappa shape index (κ1) is 16.3. The van der Waals surface area contributed by atoms with Gasteiger partial charge in [0.05, 0.1) is 19.8 Å². The molecule has 0 atom stereocenters. The van der Waals surface area contributed by atoms with E-state index in [-0.39, 0.29) is 12.4 Å². The van der Waals surface area contributed by atoms with E-state index in [2.05, 4.69) is 20.7 Å². The number of benzene rings is 2. The number of rotatable bonds is 5. The Kier molecular flexibility index (Phi) is 5.38. The summed E-state index contributed by atoms with van der Waals surface area (Å²) in [5.74, 6) is -0.0405. The summed E-state index contributed by atoms with van der Waals surface area (Å²) in [6, 6.07) is 9.40. The topological polar surface area (TPSA) is 44.8 Å². The third-order valence-corrected chi connectivity index (χ3v) is 3.48. The highest BCUT2D eigenvalue weighted by Crippen LogP contribution is 2.29. The molecule has 0 unspecified atom stereocenters. The van der Waals surface area contributed by atoms with Crippen LogP contribution in [0.3, 0.4) is 0 Å². The van der Waals surface area contributed by atoms with Gasteiger partial charge in [0.25, 0.3) is 0 Å². The minimum atomic E-state index is -0.469. The van der Waals surface area contributed by atoms with E-state index < -0.39 is 5.97 Å². The zero-order valence-corrected chi connectivity index (χ0v) is 13.6. The van der Waals surface area contributed by atoms with Gasteiger partial charge in [-0.25, -0.2) is 9.18 Å². The fraction of sp³-hybridized carbons (Fsp3) is 0.188. The maximum absolute atomic E-state index is 13.7. The van der Waals surface area contributed by atoms with Gasteiger partial charge in [-0.2, -0.15) is 0 Å². The summed E-state index contributed by atoms with van der Waals surface area (Å²) in [6.07, 6.45) is 0. The number of methoxy groups -OCH3 is 2.